The molecule has 2 saturated heterocycles. The van der Waals surface area contributed by atoms with Crippen LogP contribution in [0.1, 0.15) is 33.6 Å². The van der Waals surface area contributed by atoms with Gasteiger partial charge >= 0.3 is 0 Å². The van der Waals surface area contributed by atoms with Crippen molar-refractivity contribution in [2.24, 2.45) is 23.0 Å². The summed E-state index contributed by atoms with van der Waals surface area (Å²) in [5, 5.41) is 0. The molecule has 2 aliphatic heterocycles. The molecule has 3 atom stereocenters. The summed E-state index contributed by atoms with van der Waals surface area (Å²) in [6.07, 6.45) is 2.70. The fourth-order valence-corrected chi connectivity index (χ4v) is 5.01. The Morgan fingerprint density at radius 3 is 2.82 bits per heavy atom. The predicted molar refractivity (Wildman–Crippen MR) is 77.4 cm³/mol. The molecule has 2 rings (SSSR count). The van der Waals surface area contributed by atoms with Crippen LogP contribution in [-0.2, 0) is 0 Å². The van der Waals surface area contributed by atoms with Gasteiger partial charge in [0.15, 0.2) is 0 Å². The van der Waals surface area contributed by atoms with E-state index in [-0.39, 0.29) is 0 Å². The fraction of sp³-hybridized carbons (Fsp3) is 1.00. The number of piperidine rings is 1. The highest BCUT2D eigenvalue weighted by Crippen LogP contribution is 2.39. The number of likely N-dealkylation sites (tertiary alicyclic amines) is 1. The lowest BCUT2D eigenvalue weighted by Gasteiger charge is -2.49. The molecule has 0 aromatic rings. The standard InChI is InChI=1S/C14H28N2S/c1-11-4-6-16(9-12(11)8-15)13-10-17-7-5-14(13,2)3/h11-13H,4-10,15H2,1-3H3. The second kappa shape index (κ2) is 5.50. The Bertz CT molecular complexity index is 255. The van der Waals surface area contributed by atoms with Crippen LogP contribution in [0.25, 0.3) is 0 Å². The molecule has 0 spiro atoms. The molecule has 2 N–H and O–H groups in total. The van der Waals surface area contributed by atoms with Crippen molar-refractivity contribution in [1.82, 2.24) is 4.90 Å². The van der Waals surface area contributed by atoms with E-state index in [4.69, 9.17) is 5.73 Å². The topological polar surface area (TPSA) is 29.3 Å². The van der Waals surface area contributed by atoms with E-state index in [9.17, 15) is 0 Å². The normalized spacial score (nSPS) is 39.2. The molecule has 0 aromatic carbocycles. The SMILES string of the molecule is CC1CCN(C2CSCCC2(C)C)CC1CN. The first kappa shape index (κ1) is 13.7. The minimum absolute atomic E-state index is 0.491. The van der Waals surface area contributed by atoms with Crippen molar-refractivity contribution in [2.45, 2.75) is 39.7 Å². The van der Waals surface area contributed by atoms with E-state index in [1.165, 1.54) is 37.4 Å². The molecule has 0 amide bonds. The summed E-state index contributed by atoms with van der Waals surface area (Å²) in [6, 6.07) is 0.766. The summed E-state index contributed by atoms with van der Waals surface area (Å²) in [6.45, 7) is 10.6. The molecule has 2 nitrogen and oxygen atoms in total. The van der Waals surface area contributed by atoms with Gasteiger partial charge in [-0.05, 0) is 48.9 Å². The van der Waals surface area contributed by atoms with Crippen LogP contribution in [-0.4, -0.2) is 42.1 Å². The number of nitrogens with two attached hydrogens (primary N) is 1. The Kier molecular flexibility index (Phi) is 4.43. The van der Waals surface area contributed by atoms with E-state index < -0.39 is 0 Å². The second-order valence-electron chi connectivity index (χ2n) is 6.59. The maximum Gasteiger partial charge on any atom is 0.0237 e. The van der Waals surface area contributed by atoms with Gasteiger partial charge in [-0.15, -0.1) is 0 Å². The van der Waals surface area contributed by atoms with Gasteiger partial charge < -0.3 is 5.73 Å². The molecular weight excluding hydrogens is 228 g/mol. The molecule has 0 radical (unpaired) electrons. The van der Waals surface area contributed by atoms with Gasteiger partial charge in [-0.3, -0.25) is 4.90 Å². The van der Waals surface area contributed by atoms with Gasteiger partial charge in [0.25, 0.3) is 0 Å². The molecule has 2 aliphatic rings. The van der Waals surface area contributed by atoms with E-state index in [1.807, 2.05) is 0 Å². The average molecular weight is 256 g/mol. The second-order valence-corrected chi connectivity index (χ2v) is 7.74. The third kappa shape index (κ3) is 2.99. The number of thioether (sulfide) groups is 1. The maximum absolute atomic E-state index is 5.92. The Morgan fingerprint density at radius 2 is 2.18 bits per heavy atom. The third-order valence-corrected chi connectivity index (χ3v) is 6.00. The van der Waals surface area contributed by atoms with Crippen molar-refractivity contribution in [3.63, 3.8) is 0 Å². The lowest BCUT2D eigenvalue weighted by Crippen LogP contribution is -2.54. The summed E-state index contributed by atoms with van der Waals surface area (Å²) in [5.74, 6) is 4.19. The number of hydrogen-bond donors (Lipinski definition) is 1. The summed E-state index contributed by atoms with van der Waals surface area (Å²) in [5.41, 5.74) is 6.41. The van der Waals surface area contributed by atoms with Gasteiger partial charge in [-0.25, -0.2) is 0 Å². The van der Waals surface area contributed by atoms with Crippen LogP contribution in [0.3, 0.4) is 0 Å². The smallest absolute Gasteiger partial charge is 0.0237 e. The summed E-state index contributed by atoms with van der Waals surface area (Å²) in [7, 11) is 0. The van der Waals surface area contributed by atoms with Crippen LogP contribution in [0.2, 0.25) is 0 Å². The molecule has 3 unspecified atom stereocenters. The van der Waals surface area contributed by atoms with Crippen molar-refractivity contribution >= 4 is 11.8 Å². The molecule has 17 heavy (non-hydrogen) atoms. The van der Waals surface area contributed by atoms with Crippen LogP contribution >= 0.6 is 11.8 Å². The summed E-state index contributed by atoms with van der Waals surface area (Å²) in [4.78, 5) is 2.74. The number of rotatable bonds is 2. The largest absolute Gasteiger partial charge is 0.330 e. The zero-order valence-corrected chi connectivity index (χ0v) is 12.4. The van der Waals surface area contributed by atoms with Gasteiger partial charge in [0, 0.05) is 18.3 Å². The average Bonchev–Trinajstić information content (AvgIpc) is 2.30. The van der Waals surface area contributed by atoms with E-state index in [0.717, 1.165) is 18.5 Å². The first-order chi connectivity index (χ1) is 8.04. The highest BCUT2D eigenvalue weighted by molar-refractivity contribution is 7.99. The molecule has 2 heterocycles. The zero-order valence-electron chi connectivity index (χ0n) is 11.6. The van der Waals surface area contributed by atoms with E-state index in [1.54, 1.807) is 0 Å². The Balaban J connectivity index is 2.01. The third-order valence-electron chi connectivity index (χ3n) is 4.96. The Morgan fingerprint density at radius 1 is 1.41 bits per heavy atom. The van der Waals surface area contributed by atoms with Crippen molar-refractivity contribution in [2.75, 3.05) is 31.1 Å². The quantitative estimate of drug-likeness (QED) is 0.823. The van der Waals surface area contributed by atoms with Gasteiger partial charge in [0.2, 0.25) is 0 Å². The molecule has 2 fully saturated rings. The van der Waals surface area contributed by atoms with Gasteiger partial charge in [0.05, 0.1) is 0 Å². The van der Waals surface area contributed by atoms with Gasteiger partial charge in [0.1, 0.15) is 0 Å². The van der Waals surface area contributed by atoms with Crippen molar-refractivity contribution in [3.8, 4) is 0 Å². The molecule has 100 valence electrons. The van der Waals surface area contributed by atoms with Crippen molar-refractivity contribution in [1.29, 1.82) is 0 Å². The lowest BCUT2D eigenvalue weighted by atomic mass is 9.78. The molecule has 0 bridgehead atoms. The summed E-state index contributed by atoms with van der Waals surface area (Å²) >= 11 is 2.14. The van der Waals surface area contributed by atoms with Crippen LogP contribution in [0, 0.1) is 17.3 Å². The minimum Gasteiger partial charge on any atom is -0.330 e. The highest BCUT2D eigenvalue weighted by Gasteiger charge is 2.39. The van der Waals surface area contributed by atoms with E-state index >= 15 is 0 Å². The molecule has 3 heteroatoms. The Labute approximate surface area is 111 Å². The zero-order chi connectivity index (χ0) is 12.5. The summed E-state index contributed by atoms with van der Waals surface area (Å²) < 4.78 is 0. The first-order valence-corrected chi connectivity index (χ1v) is 8.22. The molecule has 0 saturated carbocycles. The first-order valence-electron chi connectivity index (χ1n) is 7.06. The number of hydrogen-bond acceptors (Lipinski definition) is 3. The lowest BCUT2D eigenvalue weighted by molar-refractivity contribution is 0.0395. The minimum atomic E-state index is 0.491. The fourth-order valence-electron chi connectivity index (χ4n) is 3.29. The highest BCUT2D eigenvalue weighted by atomic mass is 32.2. The number of nitrogens with zero attached hydrogens (tertiary/aromatic N) is 1. The van der Waals surface area contributed by atoms with Crippen LogP contribution in [0.5, 0.6) is 0 Å². The van der Waals surface area contributed by atoms with Gasteiger partial charge in [-0.1, -0.05) is 20.8 Å². The van der Waals surface area contributed by atoms with Crippen LogP contribution in [0.15, 0.2) is 0 Å². The van der Waals surface area contributed by atoms with Crippen LogP contribution in [0.4, 0.5) is 0 Å². The molecular formula is C14H28N2S. The van der Waals surface area contributed by atoms with Crippen molar-refractivity contribution < 1.29 is 0 Å². The Hall–Kier alpha value is 0.270. The van der Waals surface area contributed by atoms with E-state index in [2.05, 4.69) is 37.4 Å². The molecule has 0 aromatic heterocycles. The molecule has 0 aliphatic carbocycles. The van der Waals surface area contributed by atoms with E-state index in [0.29, 0.717) is 11.3 Å². The van der Waals surface area contributed by atoms with Crippen LogP contribution < -0.4 is 5.73 Å². The van der Waals surface area contributed by atoms with Crippen molar-refractivity contribution in [3.05, 3.63) is 0 Å². The predicted octanol–water partition coefficient (Wildman–Crippen LogP) is 2.43. The maximum atomic E-state index is 5.92. The monoisotopic (exact) mass is 256 g/mol. The van der Waals surface area contributed by atoms with Gasteiger partial charge in [-0.2, -0.15) is 11.8 Å².